The molecule has 3 saturated heterocycles. The summed E-state index contributed by atoms with van der Waals surface area (Å²) < 4.78 is 71.9. The number of hydrogen-bond donors (Lipinski definition) is 15. The second-order valence-electron chi connectivity index (χ2n) is 19.3. The zero-order valence-electron chi connectivity index (χ0n) is 45.2. The van der Waals surface area contributed by atoms with Gasteiger partial charge in [0.1, 0.15) is 109 Å². The Bertz CT molecular complexity index is 3080. The predicted octanol–water partition coefficient (Wildman–Crippen LogP) is -1.57. The third-order valence-corrected chi connectivity index (χ3v) is 13.8. The summed E-state index contributed by atoms with van der Waals surface area (Å²) in [6, 6.07) is 9.62. The van der Waals surface area contributed by atoms with E-state index >= 15 is 0 Å². The van der Waals surface area contributed by atoms with Gasteiger partial charge in [0.05, 0.1) is 40.6 Å². The number of carbonyl (C=O) groups is 2. The lowest BCUT2D eigenvalue weighted by molar-refractivity contribution is -0.293. The van der Waals surface area contributed by atoms with Crippen LogP contribution in [-0.2, 0) is 38.0 Å². The highest BCUT2D eigenvalue weighted by Gasteiger charge is 2.49. The van der Waals surface area contributed by atoms with Crippen LogP contribution >= 0.6 is 0 Å². The van der Waals surface area contributed by atoms with E-state index in [1.165, 1.54) is 64.9 Å². The van der Waals surface area contributed by atoms with Crippen LogP contribution < -0.4 is 33.2 Å². The van der Waals surface area contributed by atoms with Crippen LogP contribution in [0.2, 0.25) is 0 Å². The van der Waals surface area contributed by atoms with E-state index in [0.29, 0.717) is 11.1 Å². The van der Waals surface area contributed by atoms with Crippen LogP contribution in [0.4, 0.5) is 0 Å². The van der Waals surface area contributed by atoms with Crippen molar-refractivity contribution < 1.29 is 148 Å². The summed E-state index contributed by atoms with van der Waals surface area (Å²) in [4.78, 5) is 25.6. The quantitative estimate of drug-likeness (QED) is 0.0270. The molecule has 15 N–H and O–H groups in total. The number of methoxy groups -OCH3 is 4. The van der Waals surface area contributed by atoms with Crippen molar-refractivity contribution in [3.05, 3.63) is 88.7 Å². The minimum absolute atomic E-state index is 0.0308. The van der Waals surface area contributed by atoms with Gasteiger partial charge < -0.3 is 138 Å². The molecule has 85 heavy (non-hydrogen) atoms. The fraction of sp³-hybridized carbons (Fsp3) is 0.418. The first-order valence-electron chi connectivity index (χ1n) is 25.6. The minimum Gasteiger partial charge on any atom is -0.507 e. The van der Waals surface area contributed by atoms with Gasteiger partial charge in [0.25, 0.3) is 0 Å². The Kier molecular flexibility index (Phi) is 19.9. The molecule has 0 amide bonds. The number of hydrogen-bond acceptors (Lipinski definition) is 30. The molecule has 4 aliphatic heterocycles. The van der Waals surface area contributed by atoms with E-state index in [4.69, 9.17) is 61.6 Å². The second-order valence-corrected chi connectivity index (χ2v) is 19.3. The lowest BCUT2D eigenvalue weighted by atomic mass is 9.98. The molecular formula is C55H62O30. The monoisotopic (exact) mass is 1200 g/mol. The smallest absolute Gasteiger partial charge is 0.330 e. The number of fused-ring (bicyclic) bond motifs is 1. The molecule has 0 aliphatic carbocycles. The van der Waals surface area contributed by atoms with E-state index in [1.807, 2.05) is 0 Å². The summed E-state index contributed by atoms with van der Waals surface area (Å²) in [5, 5.41) is 162. The molecule has 30 heteroatoms. The molecule has 4 aromatic rings. The van der Waals surface area contributed by atoms with Crippen molar-refractivity contribution in [1.82, 2.24) is 0 Å². The van der Waals surface area contributed by atoms with Gasteiger partial charge in [-0.15, -0.1) is 0 Å². The van der Waals surface area contributed by atoms with Crippen molar-refractivity contribution >= 4 is 30.2 Å². The van der Waals surface area contributed by atoms with Gasteiger partial charge in [0.15, 0.2) is 40.6 Å². The molecule has 0 spiro atoms. The number of benzene rings is 4. The molecular weight excluding hydrogens is 1140 g/mol. The van der Waals surface area contributed by atoms with Crippen LogP contribution in [0.15, 0.2) is 66.4 Å². The molecule has 462 valence electrons. The maximum absolute atomic E-state index is 12.8. The van der Waals surface area contributed by atoms with Gasteiger partial charge in [-0.05, 0) is 65.8 Å². The van der Waals surface area contributed by atoms with Crippen molar-refractivity contribution in [3.63, 3.8) is 0 Å². The Morgan fingerprint density at radius 1 is 0.482 bits per heavy atom. The zero-order valence-corrected chi connectivity index (χ0v) is 45.2. The lowest BCUT2D eigenvalue weighted by Crippen LogP contribution is -2.60. The SMILES string of the molecule is COc1cc(/C=C/C(=O)OC[C@@H]2O[C@@H](Oc3cc(O)c4c(c3)OC(c3cc(O)c(O)c(O[C@@H]5O[C@H](COC(=O)/C=C/c6cc(OC)c(O)c(OC)c6)[C@@H](O)[C@H](O)[C@H]5O)c3)C(O[C@@H]3O[C@H](CO)[C@@H](O)[C@H](O)[C@H]3O)=C4)[C@@H](O)[C@@H](O)[C@@H]2O)cc(OC)c1O. The van der Waals surface area contributed by atoms with E-state index in [9.17, 15) is 86.2 Å². The van der Waals surface area contributed by atoms with Crippen LogP contribution in [-0.4, -0.2) is 229 Å². The molecule has 30 nitrogen and oxygen atoms in total. The predicted molar refractivity (Wildman–Crippen MR) is 281 cm³/mol. The van der Waals surface area contributed by atoms with Crippen LogP contribution in [0.5, 0.6) is 69.0 Å². The molecule has 0 bridgehead atoms. The Morgan fingerprint density at radius 3 is 1.38 bits per heavy atom. The van der Waals surface area contributed by atoms with Gasteiger partial charge in [-0.1, -0.05) is 0 Å². The largest absolute Gasteiger partial charge is 0.507 e. The summed E-state index contributed by atoms with van der Waals surface area (Å²) in [5.74, 6) is -6.72. The highest BCUT2D eigenvalue weighted by Crippen LogP contribution is 2.49. The highest BCUT2D eigenvalue weighted by molar-refractivity contribution is 5.88. The summed E-state index contributed by atoms with van der Waals surface area (Å²) in [6.45, 7) is -2.34. The normalized spacial score (nSPS) is 29.2. The number of ether oxygens (including phenoxy) is 13. The lowest BCUT2D eigenvalue weighted by Gasteiger charge is -2.41. The fourth-order valence-electron chi connectivity index (χ4n) is 9.12. The van der Waals surface area contributed by atoms with Gasteiger partial charge in [-0.2, -0.15) is 0 Å². The van der Waals surface area contributed by atoms with Crippen LogP contribution in [0.3, 0.4) is 0 Å². The molecule has 0 aromatic heterocycles. The number of aromatic hydroxyl groups is 5. The number of aliphatic hydroxyl groups excluding tert-OH is 10. The second kappa shape index (κ2) is 26.9. The zero-order chi connectivity index (χ0) is 61.7. The van der Waals surface area contributed by atoms with Crippen molar-refractivity contribution in [2.24, 2.45) is 0 Å². The number of carbonyl (C=O) groups excluding carboxylic acids is 2. The fourth-order valence-corrected chi connectivity index (χ4v) is 9.12. The average molecular weight is 1200 g/mol. The summed E-state index contributed by atoms with van der Waals surface area (Å²) in [6.07, 6.45) is -24.1. The van der Waals surface area contributed by atoms with Crippen LogP contribution in [0.25, 0.3) is 18.2 Å². The Balaban J connectivity index is 1.02. The molecule has 0 radical (unpaired) electrons. The topological polar surface area (TPSA) is 458 Å². The molecule has 4 aliphatic rings. The molecule has 8 rings (SSSR count). The minimum atomic E-state index is -2.09. The third-order valence-electron chi connectivity index (χ3n) is 13.8. The molecule has 16 atom stereocenters. The maximum Gasteiger partial charge on any atom is 0.330 e. The Hall–Kier alpha value is -8.08. The van der Waals surface area contributed by atoms with Crippen molar-refractivity contribution in [2.45, 2.75) is 98.2 Å². The van der Waals surface area contributed by atoms with Gasteiger partial charge >= 0.3 is 11.9 Å². The third kappa shape index (κ3) is 13.7. The maximum atomic E-state index is 12.8. The molecule has 4 heterocycles. The number of phenols is 5. The van der Waals surface area contributed by atoms with Crippen molar-refractivity contribution in [3.8, 4) is 69.0 Å². The van der Waals surface area contributed by atoms with Crippen molar-refractivity contribution in [1.29, 1.82) is 0 Å². The molecule has 3 fully saturated rings. The first-order valence-corrected chi connectivity index (χ1v) is 25.6. The number of esters is 2. The van der Waals surface area contributed by atoms with Gasteiger partial charge in [-0.3, -0.25) is 0 Å². The summed E-state index contributed by atoms with van der Waals surface area (Å²) in [5.41, 5.74) is 0.263. The van der Waals surface area contributed by atoms with Gasteiger partial charge in [0, 0.05) is 29.8 Å². The van der Waals surface area contributed by atoms with E-state index in [2.05, 4.69) is 0 Å². The van der Waals surface area contributed by atoms with Gasteiger partial charge in [-0.25, -0.2) is 9.59 Å². The number of aliphatic hydroxyl groups is 10. The van der Waals surface area contributed by atoms with E-state index in [1.54, 1.807) is 0 Å². The number of rotatable bonds is 20. The summed E-state index contributed by atoms with van der Waals surface area (Å²) in [7, 11) is 5.21. The van der Waals surface area contributed by atoms with Gasteiger partial charge in [0.2, 0.25) is 36.1 Å². The Morgan fingerprint density at radius 2 is 0.918 bits per heavy atom. The first-order chi connectivity index (χ1) is 40.5. The average Bonchev–Trinajstić information content (AvgIpc) is 1.32. The molecule has 1 unspecified atom stereocenters. The van der Waals surface area contributed by atoms with Crippen molar-refractivity contribution in [2.75, 3.05) is 48.3 Å². The highest BCUT2D eigenvalue weighted by atomic mass is 16.7. The van der Waals surface area contributed by atoms with E-state index in [0.717, 1.165) is 42.5 Å². The molecule has 0 saturated carbocycles. The standard InChI is InChI=1S/C55H62O30/c1-73-29-9-21(10-30(74-2)41(29)62)5-7-38(59)77-19-36-44(65)47(68)49(70)53(84-36)79-24-15-26(57)25-17-34(82-55-50(71)46(67)43(64)35(18-56)83-55)52(80-28(25)16-24)23-13-27(58)40(61)33(14-23)81-54-51(72)48(69)45(66)37(85-54)20-78-39(60)8-6-22-11-31(75-3)42(63)32(12-22)76-4/h5-17,35-37,43-58,61-72H,18-20H2,1-4H3/b7-5+,8-6+/t35-,36+,37-,43-,44-,45-,46+,47+,48+,49+,50-,51-,52?,53-,54-,55-/m1/s1. The Labute approximate surface area is 481 Å². The van der Waals surface area contributed by atoms with E-state index < -0.39 is 159 Å². The number of phenolic OH excluding ortho intramolecular Hbond substituents is 5. The summed E-state index contributed by atoms with van der Waals surface area (Å²) >= 11 is 0. The van der Waals surface area contributed by atoms with Crippen LogP contribution in [0.1, 0.15) is 28.4 Å². The molecule has 4 aromatic carbocycles. The first kappa shape index (κ1) is 63.0. The van der Waals surface area contributed by atoms with E-state index in [-0.39, 0.29) is 57.1 Å². The van der Waals surface area contributed by atoms with Crippen LogP contribution in [0, 0.1) is 0 Å².